The van der Waals surface area contributed by atoms with Gasteiger partial charge in [-0.2, -0.15) is 0 Å². The van der Waals surface area contributed by atoms with E-state index in [1.807, 2.05) is 26.8 Å². The summed E-state index contributed by atoms with van der Waals surface area (Å²) in [6.45, 7) is 7.85. The lowest BCUT2D eigenvalue weighted by atomic mass is 10.2. The number of imidazole rings is 1. The van der Waals surface area contributed by atoms with Crippen molar-refractivity contribution in [3.05, 3.63) is 29.6 Å². The van der Waals surface area contributed by atoms with E-state index in [1.54, 1.807) is 11.6 Å². The monoisotopic (exact) mass is 378 g/mol. The van der Waals surface area contributed by atoms with Gasteiger partial charge in [0.05, 0.1) is 6.54 Å². The second kappa shape index (κ2) is 7.32. The number of aromatic nitrogens is 4. The number of hydrogen-bond acceptors (Lipinski definition) is 6. The minimum absolute atomic E-state index is 0.0242. The van der Waals surface area contributed by atoms with Crippen LogP contribution in [0, 0.1) is 6.92 Å². The Balaban J connectivity index is 1.76. The van der Waals surface area contributed by atoms with Crippen LogP contribution in [0.1, 0.15) is 49.9 Å². The number of sulfonamides is 1. The fraction of sp³-hybridized carbons (Fsp3) is 0.588. The number of hydrogen-bond donors (Lipinski definition) is 1. The molecule has 1 N–H and O–H groups in total. The molecular weight excluding hydrogens is 352 g/mol. The summed E-state index contributed by atoms with van der Waals surface area (Å²) in [5.41, 5.74) is 0.830. The van der Waals surface area contributed by atoms with E-state index in [0.29, 0.717) is 5.82 Å². The molecule has 0 bridgehead atoms. The first-order valence-corrected chi connectivity index (χ1v) is 10.4. The number of rotatable bonds is 6. The molecule has 3 heterocycles. The van der Waals surface area contributed by atoms with E-state index in [4.69, 9.17) is 0 Å². The van der Waals surface area contributed by atoms with Crippen molar-refractivity contribution in [3.8, 4) is 0 Å². The number of nitrogens with zero attached hydrogens (tertiary/aromatic N) is 5. The summed E-state index contributed by atoms with van der Waals surface area (Å²) >= 11 is 0. The van der Waals surface area contributed by atoms with Gasteiger partial charge in [0.2, 0.25) is 0 Å². The quantitative estimate of drug-likeness (QED) is 0.823. The van der Waals surface area contributed by atoms with Gasteiger partial charge in [-0.05, 0) is 19.8 Å². The molecule has 1 saturated heterocycles. The van der Waals surface area contributed by atoms with Gasteiger partial charge in [0.25, 0.3) is 10.0 Å². The summed E-state index contributed by atoms with van der Waals surface area (Å²) in [7, 11) is -1.91. The van der Waals surface area contributed by atoms with Gasteiger partial charge in [-0.15, -0.1) is 0 Å². The van der Waals surface area contributed by atoms with Crippen LogP contribution in [0.15, 0.2) is 17.3 Å². The molecule has 1 fully saturated rings. The Hall–Kier alpha value is -2.00. The van der Waals surface area contributed by atoms with Gasteiger partial charge >= 0.3 is 0 Å². The average Bonchev–Trinajstić information content (AvgIpc) is 3.22. The van der Waals surface area contributed by atoms with Crippen molar-refractivity contribution in [2.75, 3.05) is 18.0 Å². The van der Waals surface area contributed by atoms with Gasteiger partial charge in [0, 0.05) is 44.0 Å². The Morgan fingerprint density at radius 1 is 1.19 bits per heavy atom. The zero-order chi connectivity index (χ0) is 18.9. The van der Waals surface area contributed by atoms with Crippen molar-refractivity contribution >= 4 is 15.8 Å². The topological polar surface area (TPSA) is 93.0 Å². The van der Waals surface area contributed by atoms with Crippen molar-refractivity contribution in [2.24, 2.45) is 7.05 Å². The summed E-state index contributed by atoms with van der Waals surface area (Å²) in [5, 5.41) is 0.0242. The van der Waals surface area contributed by atoms with Crippen LogP contribution in [-0.2, 0) is 23.6 Å². The molecule has 3 rings (SSSR count). The van der Waals surface area contributed by atoms with E-state index in [9.17, 15) is 8.42 Å². The van der Waals surface area contributed by atoms with Crippen molar-refractivity contribution in [3.63, 3.8) is 0 Å². The molecule has 2 aromatic heterocycles. The lowest BCUT2D eigenvalue weighted by Gasteiger charge is -2.17. The number of anilines is 1. The zero-order valence-electron chi connectivity index (χ0n) is 15.7. The predicted octanol–water partition coefficient (Wildman–Crippen LogP) is 1.72. The van der Waals surface area contributed by atoms with Gasteiger partial charge in [0.1, 0.15) is 17.5 Å². The van der Waals surface area contributed by atoms with Crippen LogP contribution < -0.4 is 9.62 Å². The van der Waals surface area contributed by atoms with Crippen molar-refractivity contribution in [2.45, 2.75) is 51.1 Å². The highest BCUT2D eigenvalue weighted by Gasteiger charge is 2.21. The largest absolute Gasteiger partial charge is 0.357 e. The van der Waals surface area contributed by atoms with Crippen LogP contribution in [0.4, 0.5) is 5.82 Å². The molecule has 1 aliphatic heterocycles. The maximum absolute atomic E-state index is 12.6. The molecule has 0 unspecified atom stereocenters. The van der Waals surface area contributed by atoms with E-state index < -0.39 is 10.0 Å². The Kier molecular flexibility index (Phi) is 5.29. The molecule has 1 aliphatic rings. The standard InChI is InChI=1S/C17H26N6O2S/c1-12(2)17-21-16(11-22(17)4)26(24,25)18-10-14-19-13(3)9-15(20-14)23-7-5-6-8-23/h9,11-12,18H,5-8,10H2,1-4H3. The highest BCUT2D eigenvalue weighted by Crippen LogP contribution is 2.19. The summed E-state index contributed by atoms with van der Waals surface area (Å²) in [5.74, 6) is 2.21. The van der Waals surface area contributed by atoms with Gasteiger partial charge in [0.15, 0.2) is 5.03 Å². The third kappa shape index (κ3) is 4.04. The Morgan fingerprint density at radius 3 is 2.50 bits per heavy atom. The molecule has 0 amide bonds. The van der Waals surface area contributed by atoms with E-state index in [-0.39, 0.29) is 17.5 Å². The molecule has 2 aromatic rings. The molecule has 0 aliphatic carbocycles. The van der Waals surface area contributed by atoms with Crippen LogP contribution >= 0.6 is 0 Å². The summed E-state index contributed by atoms with van der Waals surface area (Å²) in [6.07, 6.45) is 3.84. The average molecular weight is 379 g/mol. The maximum Gasteiger partial charge on any atom is 0.260 e. The SMILES string of the molecule is Cc1cc(N2CCCC2)nc(CNS(=O)(=O)c2cn(C)c(C(C)C)n2)n1. The molecule has 0 aromatic carbocycles. The van der Waals surface area contributed by atoms with E-state index in [2.05, 4.69) is 24.6 Å². The van der Waals surface area contributed by atoms with Crippen molar-refractivity contribution in [1.29, 1.82) is 0 Å². The maximum atomic E-state index is 12.6. The van der Waals surface area contributed by atoms with Crippen LogP contribution in [-0.4, -0.2) is 41.0 Å². The Labute approximate surface area is 154 Å². The minimum Gasteiger partial charge on any atom is -0.357 e. The fourth-order valence-electron chi connectivity index (χ4n) is 3.15. The first kappa shape index (κ1) is 18.8. The molecule has 142 valence electrons. The zero-order valence-corrected chi connectivity index (χ0v) is 16.5. The Bertz CT molecular complexity index is 885. The third-order valence-electron chi connectivity index (χ3n) is 4.42. The predicted molar refractivity (Wildman–Crippen MR) is 99.5 cm³/mol. The number of nitrogens with one attached hydrogen (secondary N) is 1. The third-order valence-corrected chi connectivity index (χ3v) is 5.69. The molecule has 0 saturated carbocycles. The van der Waals surface area contributed by atoms with Crippen LogP contribution in [0.2, 0.25) is 0 Å². The lowest BCUT2D eigenvalue weighted by molar-refractivity contribution is 0.575. The van der Waals surface area contributed by atoms with Crippen LogP contribution in [0.25, 0.3) is 0 Å². The van der Waals surface area contributed by atoms with Crippen molar-refractivity contribution < 1.29 is 8.42 Å². The van der Waals surface area contributed by atoms with Gasteiger partial charge in [-0.25, -0.2) is 28.1 Å². The second-order valence-corrected chi connectivity index (χ2v) is 8.72. The summed E-state index contributed by atoms with van der Waals surface area (Å²) < 4.78 is 29.4. The summed E-state index contributed by atoms with van der Waals surface area (Å²) in [6, 6.07) is 1.94. The number of aryl methyl sites for hydroxylation is 2. The van der Waals surface area contributed by atoms with E-state index in [1.165, 1.54) is 6.20 Å². The normalized spacial score (nSPS) is 15.2. The summed E-state index contributed by atoms with van der Waals surface area (Å²) in [4.78, 5) is 15.4. The highest BCUT2D eigenvalue weighted by atomic mass is 32.2. The van der Waals surface area contributed by atoms with Crippen molar-refractivity contribution in [1.82, 2.24) is 24.2 Å². The molecule has 0 atom stereocenters. The van der Waals surface area contributed by atoms with Crippen LogP contribution in [0.5, 0.6) is 0 Å². The highest BCUT2D eigenvalue weighted by molar-refractivity contribution is 7.89. The second-order valence-electron chi connectivity index (χ2n) is 7.01. The molecule has 9 heteroatoms. The first-order valence-electron chi connectivity index (χ1n) is 8.88. The molecule has 0 radical (unpaired) electrons. The first-order chi connectivity index (χ1) is 12.3. The van der Waals surface area contributed by atoms with Gasteiger partial charge in [-0.1, -0.05) is 13.8 Å². The van der Waals surface area contributed by atoms with E-state index >= 15 is 0 Å². The minimum atomic E-state index is -3.71. The molecule has 26 heavy (non-hydrogen) atoms. The van der Waals surface area contributed by atoms with E-state index in [0.717, 1.165) is 43.3 Å². The van der Waals surface area contributed by atoms with Gasteiger partial charge in [-0.3, -0.25) is 0 Å². The Morgan fingerprint density at radius 2 is 1.88 bits per heavy atom. The van der Waals surface area contributed by atoms with Crippen LogP contribution in [0.3, 0.4) is 0 Å². The van der Waals surface area contributed by atoms with Gasteiger partial charge < -0.3 is 9.47 Å². The smallest absolute Gasteiger partial charge is 0.260 e. The fourth-order valence-corrected chi connectivity index (χ4v) is 4.13. The molecule has 0 spiro atoms. The lowest BCUT2D eigenvalue weighted by Crippen LogP contribution is -2.26. The molecule has 8 nitrogen and oxygen atoms in total. The molecular formula is C17H26N6O2S.